The maximum atomic E-state index is 11.9. The molecule has 7 nitrogen and oxygen atoms in total. The third kappa shape index (κ3) is 1.93. The topological polar surface area (TPSA) is 84.3 Å². The molecule has 102 valence electrons. The first-order valence-electron chi connectivity index (χ1n) is 6.12. The number of amides is 3. The van der Waals surface area contributed by atoms with E-state index in [9.17, 15) is 14.4 Å². The van der Waals surface area contributed by atoms with E-state index in [1.807, 2.05) is 0 Å². The Morgan fingerprint density at radius 2 is 2.15 bits per heavy atom. The summed E-state index contributed by atoms with van der Waals surface area (Å²) in [7, 11) is 1.77. The molecule has 2 aromatic rings. The molecule has 1 saturated heterocycles. The lowest BCUT2D eigenvalue weighted by molar-refractivity contribution is -0.120. The molecule has 0 spiro atoms. The second kappa shape index (κ2) is 4.44. The van der Waals surface area contributed by atoms with Crippen LogP contribution >= 0.6 is 0 Å². The molecular formula is C13H12N4O3. The van der Waals surface area contributed by atoms with Gasteiger partial charge in [0.2, 0.25) is 5.91 Å². The number of carbonyl (C=O) groups excluding carboxylic acids is 3. The van der Waals surface area contributed by atoms with Gasteiger partial charge < -0.3 is 0 Å². The Bertz CT molecular complexity index is 735. The van der Waals surface area contributed by atoms with E-state index in [4.69, 9.17) is 0 Å². The number of nitrogens with one attached hydrogen (secondary N) is 1. The Labute approximate surface area is 114 Å². The molecule has 0 unspecified atom stereocenters. The van der Waals surface area contributed by atoms with Crippen molar-refractivity contribution in [1.82, 2.24) is 15.1 Å². The second-order valence-corrected chi connectivity index (χ2v) is 4.65. The number of aryl methyl sites for hydroxylation is 1. The Hall–Kier alpha value is -2.70. The minimum Gasteiger partial charge on any atom is -0.298 e. The maximum Gasteiger partial charge on any atom is 0.328 e. The number of nitrogens with zero attached hydrogens (tertiary/aromatic N) is 3. The summed E-state index contributed by atoms with van der Waals surface area (Å²) in [6.45, 7) is 0.289. The van der Waals surface area contributed by atoms with Crippen LogP contribution in [0.5, 0.6) is 0 Å². The van der Waals surface area contributed by atoms with Gasteiger partial charge in [-0.1, -0.05) is 0 Å². The Balaban J connectivity index is 2.16. The maximum absolute atomic E-state index is 11.9. The highest BCUT2D eigenvalue weighted by Gasteiger charge is 2.26. The molecule has 2 heterocycles. The normalized spacial score (nSPS) is 15.6. The highest BCUT2D eigenvalue weighted by atomic mass is 16.2. The zero-order chi connectivity index (χ0) is 14.3. The molecule has 1 fully saturated rings. The van der Waals surface area contributed by atoms with Crippen LogP contribution in [0.3, 0.4) is 0 Å². The minimum absolute atomic E-state index is 0.235. The molecule has 7 heteroatoms. The Morgan fingerprint density at radius 1 is 1.35 bits per heavy atom. The van der Waals surface area contributed by atoms with Crippen molar-refractivity contribution in [3.8, 4) is 0 Å². The third-order valence-electron chi connectivity index (χ3n) is 3.22. The Kier molecular flexibility index (Phi) is 2.74. The van der Waals surface area contributed by atoms with Crippen molar-refractivity contribution in [2.75, 3.05) is 11.4 Å². The van der Waals surface area contributed by atoms with E-state index in [1.165, 1.54) is 4.90 Å². The van der Waals surface area contributed by atoms with Crippen LogP contribution in [0.15, 0.2) is 18.3 Å². The van der Waals surface area contributed by atoms with E-state index in [1.54, 1.807) is 30.1 Å². The number of benzene rings is 1. The summed E-state index contributed by atoms with van der Waals surface area (Å²) < 4.78 is 1.62. The molecule has 1 aliphatic heterocycles. The van der Waals surface area contributed by atoms with Crippen LogP contribution in [0.25, 0.3) is 10.9 Å². The smallest absolute Gasteiger partial charge is 0.298 e. The fourth-order valence-electron chi connectivity index (χ4n) is 2.33. The fraction of sp³-hybridized carbons (Fsp3) is 0.231. The van der Waals surface area contributed by atoms with E-state index in [0.29, 0.717) is 23.1 Å². The van der Waals surface area contributed by atoms with Gasteiger partial charge in [0.05, 0.1) is 11.2 Å². The van der Waals surface area contributed by atoms with Crippen LogP contribution in [0.2, 0.25) is 0 Å². The van der Waals surface area contributed by atoms with Gasteiger partial charge in [0, 0.05) is 37.2 Å². The van der Waals surface area contributed by atoms with E-state index >= 15 is 0 Å². The standard InChI is InChI=1S/C13H12N4O3/c1-16-6-9-10(15-16)4-8(7-18)5-11(9)17-3-2-12(19)14-13(17)20/h4-7H,2-3H2,1H3,(H,14,19,20). The summed E-state index contributed by atoms with van der Waals surface area (Å²) in [5, 5.41) is 7.29. The van der Waals surface area contributed by atoms with Crippen molar-refractivity contribution in [3.63, 3.8) is 0 Å². The third-order valence-corrected chi connectivity index (χ3v) is 3.22. The fourth-order valence-corrected chi connectivity index (χ4v) is 2.33. The number of hydrogen-bond acceptors (Lipinski definition) is 4. The first-order chi connectivity index (χ1) is 9.58. The van der Waals surface area contributed by atoms with Crippen molar-refractivity contribution in [3.05, 3.63) is 23.9 Å². The summed E-state index contributed by atoms with van der Waals surface area (Å²) in [6.07, 6.45) is 2.73. The SMILES string of the molecule is Cn1cc2c(N3CCC(=O)NC3=O)cc(C=O)cc2n1. The molecular weight excluding hydrogens is 260 g/mol. The van der Waals surface area contributed by atoms with Crippen molar-refractivity contribution in [1.29, 1.82) is 0 Å². The molecule has 20 heavy (non-hydrogen) atoms. The molecule has 1 aromatic heterocycles. The van der Waals surface area contributed by atoms with Crippen molar-refractivity contribution in [2.45, 2.75) is 6.42 Å². The molecule has 0 saturated carbocycles. The largest absolute Gasteiger partial charge is 0.328 e. The molecule has 1 aliphatic rings. The van der Waals surface area contributed by atoms with Crippen LogP contribution in [-0.4, -0.2) is 34.5 Å². The number of hydrogen-bond donors (Lipinski definition) is 1. The summed E-state index contributed by atoms with van der Waals surface area (Å²) >= 11 is 0. The van der Waals surface area contributed by atoms with Crippen molar-refractivity contribution < 1.29 is 14.4 Å². The van der Waals surface area contributed by atoms with Gasteiger partial charge in [-0.25, -0.2) is 4.79 Å². The zero-order valence-corrected chi connectivity index (χ0v) is 10.8. The van der Waals surface area contributed by atoms with Gasteiger partial charge in [0.15, 0.2) is 0 Å². The van der Waals surface area contributed by atoms with Gasteiger partial charge in [-0.2, -0.15) is 5.10 Å². The predicted octanol–water partition coefficient (Wildman–Crippen LogP) is 0.832. The van der Waals surface area contributed by atoms with Crippen LogP contribution in [0, 0.1) is 0 Å². The number of carbonyl (C=O) groups is 3. The lowest BCUT2D eigenvalue weighted by atomic mass is 10.1. The van der Waals surface area contributed by atoms with E-state index < -0.39 is 6.03 Å². The van der Waals surface area contributed by atoms with Gasteiger partial charge in [-0.15, -0.1) is 0 Å². The zero-order valence-electron chi connectivity index (χ0n) is 10.8. The van der Waals surface area contributed by atoms with Crippen molar-refractivity contribution in [2.24, 2.45) is 7.05 Å². The Morgan fingerprint density at radius 3 is 2.85 bits per heavy atom. The van der Waals surface area contributed by atoms with Crippen LogP contribution < -0.4 is 10.2 Å². The van der Waals surface area contributed by atoms with Gasteiger partial charge in [0.25, 0.3) is 0 Å². The van der Waals surface area contributed by atoms with Gasteiger partial charge in [0.1, 0.15) is 6.29 Å². The van der Waals surface area contributed by atoms with Gasteiger partial charge in [-0.05, 0) is 12.1 Å². The number of aromatic nitrogens is 2. The van der Waals surface area contributed by atoms with E-state index in [2.05, 4.69) is 10.4 Å². The molecule has 0 atom stereocenters. The summed E-state index contributed by atoms with van der Waals surface area (Å²) in [5.41, 5.74) is 1.66. The van der Waals surface area contributed by atoms with Crippen LogP contribution in [0.4, 0.5) is 10.5 Å². The van der Waals surface area contributed by atoms with Gasteiger partial charge in [-0.3, -0.25) is 24.5 Å². The number of fused-ring (bicyclic) bond motifs is 1. The second-order valence-electron chi connectivity index (χ2n) is 4.65. The number of urea groups is 1. The number of imide groups is 1. The van der Waals surface area contributed by atoms with E-state index in [-0.39, 0.29) is 18.9 Å². The number of rotatable bonds is 2. The molecule has 1 aromatic carbocycles. The molecule has 0 radical (unpaired) electrons. The lowest BCUT2D eigenvalue weighted by Gasteiger charge is -2.27. The first-order valence-corrected chi connectivity index (χ1v) is 6.12. The molecule has 1 N–H and O–H groups in total. The van der Waals surface area contributed by atoms with Crippen molar-refractivity contribution >= 4 is 34.8 Å². The average Bonchev–Trinajstić information content (AvgIpc) is 2.78. The highest BCUT2D eigenvalue weighted by molar-refractivity contribution is 6.10. The summed E-state index contributed by atoms with van der Waals surface area (Å²) in [4.78, 5) is 35.6. The van der Waals surface area contributed by atoms with Crippen LogP contribution in [0.1, 0.15) is 16.8 Å². The molecule has 3 rings (SSSR count). The number of aldehydes is 1. The predicted molar refractivity (Wildman–Crippen MR) is 71.6 cm³/mol. The summed E-state index contributed by atoms with van der Waals surface area (Å²) in [6, 6.07) is 2.82. The molecule has 3 amide bonds. The molecule has 0 aliphatic carbocycles. The van der Waals surface area contributed by atoms with Gasteiger partial charge >= 0.3 is 6.03 Å². The summed E-state index contributed by atoms with van der Waals surface area (Å²) in [5.74, 6) is -0.291. The monoisotopic (exact) mass is 272 g/mol. The lowest BCUT2D eigenvalue weighted by Crippen LogP contribution is -2.49. The quantitative estimate of drug-likeness (QED) is 0.821. The van der Waals surface area contributed by atoms with Crippen LogP contribution in [-0.2, 0) is 11.8 Å². The highest BCUT2D eigenvalue weighted by Crippen LogP contribution is 2.28. The van der Waals surface area contributed by atoms with E-state index in [0.717, 1.165) is 5.39 Å². The minimum atomic E-state index is -0.477. The molecule has 0 bridgehead atoms. The number of anilines is 1. The first kappa shape index (κ1) is 12.3. The average molecular weight is 272 g/mol.